The van der Waals surface area contributed by atoms with Crippen molar-refractivity contribution in [2.24, 2.45) is 0 Å². The summed E-state index contributed by atoms with van der Waals surface area (Å²) in [6, 6.07) is 28.8. The van der Waals surface area contributed by atoms with Crippen LogP contribution in [0.5, 0.6) is 0 Å². The highest BCUT2D eigenvalue weighted by molar-refractivity contribution is 7.97. The molecule has 0 saturated heterocycles. The second-order valence-corrected chi connectivity index (χ2v) is 8.40. The van der Waals surface area contributed by atoms with Gasteiger partial charge in [0.1, 0.15) is 6.29 Å². The molecule has 0 fully saturated rings. The summed E-state index contributed by atoms with van der Waals surface area (Å²) in [6.07, 6.45) is 3.08. The summed E-state index contributed by atoms with van der Waals surface area (Å²) in [5, 5.41) is 2.92. The lowest BCUT2D eigenvalue weighted by molar-refractivity contribution is -0.107. The predicted molar refractivity (Wildman–Crippen MR) is 114 cm³/mol. The van der Waals surface area contributed by atoms with Gasteiger partial charge in [0.25, 0.3) is 5.91 Å². The molecular weight excluding hydrogens is 366 g/mol. The first-order valence-corrected chi connectivity index (χ1v) is 10.7. The van der Waals surface area contributed by atoms with Gasteiger partial charge in [-0.05, 0) is 61.4 Å². The highest BCUT2D eigenvalue weighted by Crippen LogP contribution is 2.30. The molecule has 4 heteroatoms. The maximum atomic E-state index is 12.3. The molecule has 0 aromatic heterocycles. The highest BCUT2D eigenvalue weighted by Gasteiger charge is 2.28. The first-order valence-electron chi connectivity index (χ1n) is 9.46. The lowest BCUT2D eigenvalue weighted by Gasteiger charge is -2.09. The first kappa shape index (κ1) is 19.9. The molecule has 0 aliphatic carbocycles. The van der Waals surface area contributed by atoms with Gasteiger partial charge in [0.2, 0.25) is 0 Å². The number of carbonyl (C=O) groups is 2. The third-order valence-electron chi connectivity index (χ3n) is 4.34. The molecule has 0 saturated carbocycles. The van der Waals surface area contributed by atoms with E-state index < -0.39 is 0 Å². The van der Waals surface area contributed by atoms with E-state index in [0.717, 1.165) is 19.1 Å². The molecule has 0 spiro atoms. The zero-order chi connectivity index (χ0) is 19.6. The largest absolute Gasteiger partial charge is 0.352 e. The lowest BCUT2D eigenvalue weighted by atomic mass is 10.2. The molecule has 1 amide bonds. The molecule has 0 heterocycles. The van der Waals surface area contributed by atoms with Crippen molar-refractivity contribution in [1.82, 2.24) is 5.32 Å². The van der Waals surface area contributed by atoms with E-state index >= 15 is 0 Å². The number of nitrogens with one attached hydrogen (secondary N) is 1. The van der Waals surface area contributed by atoms with Crippen LogP contribution in [0.2, 0.25) is 0 Å². The molecule has 3 aromatic carbocycles. The van der Waals surface area contributed by atoms with E-state index in [1.807, 2.05) is 36.4 Å². The molecule has 28 heavy (non-hydrogen) atoms. The van der Waals surface area contributed by atoms with Crippen LogP contribution >= 0.6 is 0 Å². The second kappa shape index (κ2) is 10.5. The molecule has 142 valence electrons. The van der Waals surface area contributed by atoms with E-state index in [2.05, 4.69) is 53.8 Å². The number of amides is 1. The number of hydrogen-bond acceptors (Lipinski definition) is 2. The van der Waals surface area contributed by atoms with Crippen LogP contribution in [-0.2, 0) is 15.7 Å². The Morgan fingerprint density at radius 1 is 0.750 bits per heavy atom. The van der Waals surface area contributed by atoms with Gasteiger partial charge in [-0.3, -0.25) is 4.79 Å². The molecule has 3 aromatic rings. The summed E-state index contributed by atoms with van der Waals surface area (Å²) in [5.74, 6) is -0.0723. The SMILES string of the molecule is O=CCCCCNC(=O)c1ccc([S+](c2ccccc2)c2ccccc2)cc1. The van der Waals surface area contributed by atoms with Crippen LogP contribution in [0.1, 0.15) is 29.6 Å². The molecule has 0 bridgehead atoms. The van der Waals surface area contributed by atoms with E-state index in [1.165, 1.54) is 14.7 Å². The van der Waals surface area contributed by atoms with Crippen LogP contribution in [0.15, 0.2) is 99.6 Å². The maximum Gasteiger partial charge on any atom is 0.251 e. The maximum absolute atomic E-state index is 12.3. The van der Waals surface area contributed by atoms with Crippen molar-refractivity contribution in [2.75, 3.05) is 6.54 Å². The smallest absolute Gasteiger partial charge is 0.251 e. The number of aldehydes is 1. The van der Waals surface area contributed by atoms with Crippen LogP contribution in [0, 0.1) is 0 Å². The van der Waals surface area contributed by atoms with Gasteiger partial charge < -0.3 is 10.1 Å². The normalized spacial score (nSPS) is 10.6. The van der Waals surface area contributed by atoms with Gasteiger partial charge >= 0.3 is 0 Å². The summed E-state index contributed by atoms with van der Waals surface area (Å²) < 4.78 is 0. The van der Waals surface area contributed by atoms with Gasteiger partial charge in [0.05, 0.1) is 10.9 Å². The quantitative estimate of drug-likeness (QED) is 0.321. The van der Waals surface area contributed by atoms with Crippen molar-refractivity contribution >= 4 is 23.1 Å². The first-order chi connectivity index (χ1) is 13.8. The van der Waals surface area contributed by atoms with Crippen LogP contribution in [0.25, 0.3) is 0 Å². The lowest BCUT2D eigenvalue weighted by Crippen LogP contribution is -2.24. The van der Waals surface area contributed by atoms with Crippen molar-refractivity contribution in [3.8, 4) is 0 Å². The number of rotatable bonds is 9. The molecule has 3 rings (SSSR count). The molecular formula is C24H24NO2S+. The molecule has 0 aliphatic heterocycles. The van der Waals surface area contributed by atoms with E-state index in [-0.39, 0.29) is 16.8 Å². The molecule has 0 atom stereocenters. The Balaban J connectivity index is 1.76. The average molecular weight is 391 g/mol. The van der Waals surface area contributed by atoms with Gasteiger partial charge in [-0.1, -0.05) is 36.4 Å². The molecule has 0 aliphatic rings. The summed E-state index contributed by atoms with van der Waals surface area (Å²) in [4.78, 5) is 26.3. The Morgan fingerprint density at radius 2 is 1.29 bits per heavy atom. The average Bonchev–Trinajstić information content (AvgIpc) is 2.76. The Kier molecular flexibility index (Phi) is 7.44. The minimum atomic E-state index is -0.210. The standard InChI is InChI=1S/C24H23NO2S/c26-19-9-3-8-18-25-24(27)20-14-16-23(17-15-20)28(21-10-4-1-5-11-21)22-12-6-2-7-13-22/h1-2,4-7,10-17,19H,3,8-9,18H2/p+1. The number of benzene rings is 3. The number of unbranched alkanes of at least 4 members (excludes halogenated alkanes) is 2. The van der Waals surface area contributed by atoms with Crippen molar-refractivity contribution in [3.63, 3.8) is 0 Å². The van der Waals surface area contributed by atoms with E-state index in [1.54, 1.807) is 0 Å². The van der Waals surface area contributed by atoms with Crippen LogP contribution < -0.4 is 5.32 Å². The second-order valence-electron chi connectivity index (χ2n) is 6.38. The summed E-state index contributed by atoms with van der Waals surface area (Å²) in [6.45, 7) is 0.590. The van der Waals surface area contributed by atoms with Crippen LogP contribution in [0.3, 0.4) is 0 Å². The minimum Gasteiger partial charge on any atom is -0.352 e. The van der Waals surface area contributed by atoms with Crippen molar-refractivity contribution in [1.29, 1.82) is 0 Å². The monoisotopic (exact) mass is 390 g/mol. The number of hydrogen-bond donors (Lipinski definition) is 1. The van der Waals surface area contributed by atoms with Crippen LogP contribution in [-0.4, -0.2) is 18.7 Å². The Morgan fingerprint density at radius 3 is 1.82 bits per heavy atom. The molecule has 3 nitrogen and oxygen atoms in total. The fourth-order valence-corrected chi connectivity index (χ4v) is 5.00. The zero-order valence-corrected chi connectivity index (χ0v) is 16.5. The van der Waals surface area contributed by atoms with Gasteiger partial charge in [-0.15, -0.1) is 0 Å². The fraction of sp³-hybridized carbons (Fsp3) is 0.167. The molecule has 0 radical (unpaired) electrons. The summed E-state index contributed by atoms with van der Waals surface area (Å²) in [7, 11) is -0.210. The van der Waals surface area contributed by atoms with Gasteiger partial charge in [-0.2, -0.15) is 0 Å². The van der Waals surface area contributed by atoms with Crippen molar-refractivity contribution < 1.29 is 9.59 Å². The van der Waals surface area contributed by atoms with Crippen LogP contribution in [0.4, 0.5) is 0 Å². The molecule has 0 unspecified atom stereocenters. The zero-order valence-electron chi connectivity index (χ0n) is 15.7. The summed E-state index contributed by atoms with van der Waals surface area (Å²) in [5.41, 5.74) is 0.656. The topological polar surface area (TPSA) is 46.2 Å². The van der Waals surface area contributed by atoms with Gasteiger partial charge in [0.15, 0.2) is 14.7 Å². The van der Waals surface area contributed by atoms with E-state index in [0.29, 0.717) is 18.5 Å². The number of carbonyl (C=O) groups excluding carboxylic acids is 2. The van der Waals surface area contributed by atoms with E-state index in [9.17, 15) is 9.59 Å². The third kappa shape index (κ3) is 5.33. The molecule has 1 N–H and O–H groups in total. The third-order valence-corrected chi connectivity index (χ3v) is 6.58. The van der Waals surface area contributed by atoms with Gasteiger partial charge in [0, 0.05) is 18.5 Å². The van der Waals surface area contributed by atoms with E-state index in [4.69, 9.17) is 0 Å². The predicted octanol–water partition coefficient (Wildman–Crippen LogP) is 4.88. The Hall–Kier alpha value is -2.85. The Labute approximate surface area is 169 Å². The van der Waals surface area contributed by atoms with Crippen molar-refractivity contribution in [3.05, 3.63) is 90.5 Å². The summed E-state index contributed by atoms with van der Waals surface area (Å²) >= 11 is 0. The fourth-order valence-electron chi connectivity index (χ4n) is 2.92. The van der Waals surface area contributed by atoms with Gasteiger partial charge in [-0.25, -0.2) is 0 Å². The minimum absolute atomic E-state index is 0.0723. The van der Waals surface area contributed by atoms with Crippen molar-refractivity contribution in [2.45, 2.75) is 33.9 Å². The Bertz CT molecular complexity index is 840. The highest BCUT2D eigenvalue weighted by atomic mass is 32.2.